The highest BCUT2D eigenvalue weighted by atomic mass is 15.5. The van der Waals surface area contributed by atoms with Crippen molar-refractivity contribution in [2.75, 3.05) is 23.9 Å². The Labute approximate surface area is 82.2 Å². The van der Waals surface area contributed by atoms with Crippen LogP contribution < -0.4 is 9.80 Å². The minimum atomic E-state index is -0.252. The van der Waals surface area contributed by atoms with Crippen LogP contribution in [0.25, 0.3) is 10.4 Å². The average molecular weight is 189 g/mol. The topological polar surface area (TPSA) is 55.2 Å². The van der Waals surface area contributed by atoms with Crippen molar-refractivity contribution in [2.24, 2.45) is 5.11 Å². The molecule has 1 aromatic rings. The van der Waals surface area contributed by atoms with Crippen molar-refractivity contribution < 1.29 is 0 Å². The van der Waals surface area contributed by atoms with Gasteiger partial charge in [-0.25, -0.2) is 0 Å². The number of azide groups is 1. The van der Waals surface area contributed by atoms with Gasteiger partial charge >= 0.3 is 0 Å². The van der Waals surface area contributed by atoms with E-state index >= 15 is 0 Å². The molecular formula is C9H11N5. The molecule has 72 valence electrons. The van der Waals surface area contributed by atoms with Gasteiger partial charge < -0.3 is 9.80 Å². The number of fused-ring (bicyclic) bond motifs is 1. The molecule has 1 aromatic carbocycles. The van der Waals surface area contributed by atoms with Gasteiger partial charge in [0.2, 0.25) is 0 Å². The molecule has 0 aromatic heterocycles. The molecule has 0 fully saturated rings. The molecule has 14 heavy (non-hydrogen) atoms. The summed E-state index contributed by atoms with van der Waals surface area (Å²) in [5.74, 6) is 0. The van der Waals surface area contributed by atoms with Crippen molar-refractivity contribution >= 4 is 11.4 Å². The van der Waals surface area contributed by atoms with Crippen LogP contribution in [-0.2, 0) is 0 Å². The van der Waals surface area contributed by atoms with Crippen molar-refractivity contribution in [1.82, 2.24) is 0 Å². The molecule has 0 N–H and O–H groups in total. The minimum absolute atomic E-state index is 0.252. The van der Waals surface area contributed by atoms with Gasteiger partial charge in [-0.15, -0.1) is 0 Å². The van der Waals surface area contributed by atoms with Crippen LogP contribution in [0.5, 0.6) is 0 Å². The van der Waals surface area contributed by atoms with Crippen LogP contribution in [0, 0.1) is 0 Å². The van der Waals surface area contributed by atoms with Crippen molar-refractivity contribution in [1.29, 1.82) is 0 Å². The molecule has 1 aliphatic heterocycles. The van der Waals surface area contributed by atoms with E-state index in [0.717, 1.165) is 11.4 Å². The van der Waals surface area contributed by atoms with Crippen LogP contribution >= 0.6 is 0 Å². The predicted octanol–water partition coefficient (Wildman–Crippen LogP) is 2.17. The molecule has 0 aliphatic carbocycles. The first kappa shape index (κ1) is 8.72. The number of nitrogens with zero attached hydrogens (tertiary/aromatic N) is 5. The van der Waals surface area contributed by atoms with Crippen LogP contribution in [0.1, 0.15) is 0 Å². The van der Waals surface area contributed by atoms with E-state index < -0.39 is 0 Å². The summed E-state index contributed by atoms with van der Waals surface area (Å²) >= 11 is 0. The standard InChI is InChI=1S/C9H11N5/c1-13-7-5-3-4-6-8(7)14(2)9(13)11-12-10/h3-6,9H,1-2H3. The number of para-hydroxylation sites is 2. The summed E-state index contributed by atoms with van der Waals surface area (Å²) in [6.45, 7) is 0. The smallest absolute Gasteiger partial charge is 0.182 e. The third-order valence-corrected chi connectivity index (χ3v) is 2.49. The maximum Gasteiger partial charge on any atom is 0.182 e. The first-order valence-corrected chi connectivity index (χ1v) is 4.34. The summed E-state index contributed by atoms with van der Waals surface area (Å²) in [5, 5.41) is 3.73. The number of rotatable bonds is 1. The summed E-state index contributed by atoms with van der Waals surface area (Å²) in [4.78, 5) is 6.75. The van der Waals surface area contributed by atoms with Crippen LogP contribution in [0.3, 0.4) is 0 Å². The lowest BCUT2D eigenvalue weighted by molar-refractivity contribution is 0.673. The van der Waals surface area contributed by atoms with E-state index in [4.69, 9.17) is 5.53 Å². The molecule has 0 spiro atoms. The number of hydrogen-bond acceptors (Lipinski definition) is 3. The Hall–Kier alpha value is -1.87. The Morgan fingerprint density at radius 1 is 1.21 bits per heavy atom. The van der Waals surface area contributed by atoms with Gasteiger partial charge in [-0.1, -0.05) is 12.1 Å². The Kier molecular flexibility index (Phi) is 1.94. The van der Waals surface area contributed by atoms with E-state index in [1.54, 1.807) is 0 Å². The predicted molar refractivity (Wildman–Crippen MR) is 56.2 cm³/mol. The SMILES string of the molecule is CN1c2ccccc2N(C)C1N=[N+]=[N-]. The lowest BCUT2D eigenvalue weighted by atomic mass is 10.3. The number of benzene rings is 1. The number of hydrogen-bond donors (Lipinski definition) is 0. The molecule has 0 saturated carbocycles. The van der Waals surface area contributed by atoms with Gasteiger partial charge in [0.25, 0.3) is 0 Å². The summed E-state index contributed by atoms with van der Waals surface area (Å²) in [6.07, 6.45) is -0.252. The molecule has 1 heterocycles. The summed E-state index contributed by atoms with van der Waals surface area (Å²) in [5.41, 5.74) is 10.6. The molecule has 0 unspecified atom stereocenters. The third-order valence-electron chi connectivity index (χ3n) is 2.49. The first-order chi connectivity index (χ1) is 6.75. The van der Waals surface area contributed by atoms with Crippen molar-refractivity contribution in [3.63, 3.8) is 0 Å². The van der Waals surface area contributed by atoms with E-state index in [2.05, 4.69) is 10.0 Å². The van der Waals surface area contributed by atoms with Gasteiger partial charge in [-0.05, 0) is 22.8 Å². The van der Waals surface area contributed by atoms with E-state index in [1.165, 1.54) is 0 Å². The van der Waals surface area contributed by atoms with Crippen LogP contribution in [-0.4, -0.2) is 20.4 Å². The summed E-state index contributed by atoms with van der Waals surface area (Å²) in [7, 11) is 3.84. The molecule has 0 amide bonds. The molecule has 0 atom stereocenters. The molecule has 1 aliphatic rings. The van der Waals surface area contributed by atoms with Crippen LogP contribution in [0.2, 0.25) is 0 Å². The van der Waals surface area contributed by atoms with Crippen molar-refractivity contribution in [3.05, 3.63) is 34.7 Å². The Morgan fingerprint density at radius 3 is 2.14 bits per heavy atom. The largest absolute Gasteiger partial charge is 0.348 e. The maximum atomic E-state index is 8.45. The highest BCUT2D eigenvalue weighted by Gasteiger charge is 2.29. The molecule has 5 heteroatoms. The fourth-order valence-corrected chi connectivity index (χ4v) is 1.77. The van der Waals surface area contributed by atoms with E-state index in [-0.39, 0.29) is 6.29 Å². The van der Waals surface area contributed by atoms with Gasteiger partial charge in [0, 0.05) is 19.0 Å². The zero-order valence-electron chi connectivity index (χ0n) is 8.12. The minimum Gasteiger partial charge on any atom is -0.348 e. The monoisotopic (exact) mass is 189 g/mol. The summed E-state index contributed by atoms with van der Waals surface area (Å²) in [6, 6.07) is 7.97. The van der Waals surface area contributed by atoms with E-state index in [9.17, 15) is 0 Å². The van der Waals surface area contributed by atoms with Gasteiger partial charge in [0.1, 0.15) is 0 Å². The fourth-order valence-electron chi connectivity index (χ4n) is 1.77. The molecule has 0 saturated heterocycles. The molecule has 0 bridgehead atoms. The van der Waals surface area contributed by atoms with Gasteiger partial charge in [-0.3, -0.25) is 0 Å². The van der Waals surface area contributed by atoms with Crippen molar-refractivity contribution in [3.8, 4) is 0 Å². The average Bonchev–Trinajstić information content (AvgIpc) is 2.45. The Morgan fingerprint density at radius 2 is 1.71 bits per heavy atom. The lowest BCUT2D eigenvalue weighted by Crippen LogP contribution is -2.36. The van der Waals surface area contributed by atoms with E-state index in [0.29, 0.717) is 0 Å². The number of anilines is 2. The highest BCUT2D eigenvalue weighted by molar-refractivity contribution is 5.76. The normalized spacial score (nSPS) is 15.3. The molecule has 2 rings (SSSR count). The third kappa shape index (κ3) is 1.07. The fraction of sp³-hybridized carbons (Fsp3) is 0.333. The van der Waals surface area contributed by atoms with Crippen molar-refractivity contribution in [2.45, 2.75) is 6.29 Å². The first-order valence-electron chi connectivity index (χ1n) is 4.34. The van der Waals surface area contributed by atoms with Crippen LogP contribution in [0.4, 0.5) is 11.4 Å². The Balaban J connectivity index is 2.47. The maximum absolute atomic E-state index is 8.45. The zero-order chi connectivity index (χ0) is 10.1. The zero-order valence-corrected chi connectivity index (χ0v) is 8.12. The van der Waals surface area contributed by atoms with Crippen LogP contribution in [0.15, 0.2) is 29.4 Å². The van der Waals surface area contributed by atoms with Gasteiger partial charge in [0.05, 0.1) is 11.4 Å². The second-order valence-electron chi connectivity index (χ2n) is 3.26. The summed E-state index contributed by atoms with van der Waals surface area (Å²) < 4.78 is 0. The van der Waals surface area contributed by atoms with E-state index in [1.807, 2.05) is 48.2 Å². The quantitative estimate of drug-likeness (QED) is 0.386. The second-order valence-corrected chi connectivity index (χ2v) is 3.26. The molecular weight excluding hydrogens is 178 g/mol. The second kappa shape index (κ2) is 3.12. The van der Waals surface area contributed by atoms with Gasteiger partial charge in [-0.2, -0.15) is 0 Å². The Bertz CT molecular complexity index is 367. The van der Waals surface area contributed by atoms with Gasteiger partial charge in [0.15, 0.2) is 6.29 Å². The molecule has 5 nitrogen and oxygen atoms in total. The highest BCUT2D eigenvalue weighted by Crippen LogP contribution is 2.37. The molecule has 0 radical (unpaired) electrons. The lowest BCUT2D eigenvalue weighted by Gasteiger charge is -2.22.